The summed E-state index contributed by atoms with van der Waals surface area (Å²) in [4.78, 5) is 25.0. The summed E-state index contributed by atoms with van der Waals surface area (Å²) in [6, 6.07) is 4.15. The molecule has 0 heterocycles. The van der Waals surface area contributed by atoms with Gasteiger partial charge in [-0.2, -0.15) is 0 Å². The first-order valence-corrected chi connectivity index (χ1v) is 7.10. The van der Waals surface area contributed by atoms with Crippen LogP contribution in [0.15, 0.2) is 22.7 Å². The molecular formula is C14H16BrNO4. The third-order valence-corrected chi connectivity index (χ3v) is 3.80. The molecule has 1 unspecified atom stereocenters. The monoisotopic (exact) mass is 341 g/mol. The lowest BCUT2D eigenvalue weighted by Crippen LogP contribution is -2.39. The summed E-state index contributed by atoms with van der Waals surface area (Å²) >= 11 is 3.33. The molecule has 0 bridgehead atoms. The van der Waals surface area contributed by atoms with Crippen molar-refractivity contribution in [1.82, 2.24) is 4.90 Å². The van der Waals surface area contributed by atoms with E-state index in [-0.39, 0.29) is 11.9 Å². The van der Waals surface area contributed by atoms with Gasteiger partial charge in [0.05, 0.1) is 7.11 Å². The number of methoxy groups -OCH3 is 1. The molecule has 1 aromatic rings. The molecule has 1 aliphatic rings. The zero-order chi connectivity index (χ0) is 14.9. The molecule has 5 nitrogen and oxygen atoms in total. The van der Waals surface area contributed by atoms with Crippen molar-refractivity contribution >= 4 is 27.8 Å². The fraction of sp³-hybridized carbons (Fsp3) is 0.429. The summed E-state index contributed by atoms with van der Waals surface area (Å²) in [7, 11) is 1.49. The number of carboxylic acids is 1. The fourth-order valence-electron chi connectivity index (χ4n) is 2.32. The van der Waals surface area contributed by atoms with Crippen molar-refractivity contribution in [1.29, 1.82) is 0 Å². The second kappa shape index (κ2) is 5.83. The minimum atomic E-state index is -1.05. The van der Waals surface area contributed by atoms with E-state index in [4.69, 9.17) is 4.74 Å². The standard InChI is InChI=1S/C14H16BrNO4/c1-8(17)16(10-4-5-10)13(14(18)19)11-7-9(15)3-6-12(11)20-2/h3,6-7,10,13H,4-5H2,1-2H3,(H,18,19). The Morgan fingerprint density at radius 2 is 2.10 bits per heavy atom. The lowest BCUT2D eigenvalue weighted by molar-refractivity contribution is -0.150. The number of halogens is 1. The first-order chi connectivity index (χ1) is 9.45. The van der Waals surface area contributed by atoms with Crippen molar-refractivity contribution < 1.29 is 19.4 Å². The Balaban J connectivity index is 2.50. The third kappa shape index (κ3) is 2.95. The molecule has 0 radical (unpaired) electrons. The molecule has 1 amide bonds. The zero-order valence-electron chi connectivity index (χ0n) is 11.3. The van der Waals surface area contributed by atoms with Gasteiger partial charge in [0.25, 0.3) is 0 Å². The number of hydrogen-bond donors (Lipinski definition) is 1. The molecule has 0 saturated heterocycles. The first kappa shape index (κ1) is 14.8. The summed E-state index contributed by atoms with van der Waals surface area (Å²) in [5.41, 5.74) is 0.483. The van der Waals surface area contributed by atoms with E-state index >= 15 is 0 Å². The van der Waals surface area contributed by atoms with Crippen LogP contribution in [0.25, 0.3) is 0 Å². The maximum Gasteiger partial charge on any atom is 0.331 e. The number of hydrogen-bond acceptors (Lipinski definition) is 3. The predicted octanol–water partition coefficient (Wildman–Crippen LogP) is 2.59. The Bertz CT molecular complexity index is 542. The number of benzene rings is 1. The number of amides is 1. The van der Waals surface area contributed by atoms with Crippen LogP contribution in [0.5, 0.6) is 5.75 Å². The Kier molecular flexibility index (Phi) is 4.32. The van der Waals surface area contributed by atoms with Crippen molar-refractivity contribution in [2.75, 3.05) is 7.11 Å². The van der Waals surface area contributed by atoms with Gasteiger partial charge in [0.2, 0.25) is 5.91 Å². The Hall–Kier alpha value is -1.56. The molecule has 1 fully saturated rings. The zero-order valence-corrected chi connectivity index (χ0v) is 12.9. The number of nitrogens with zero attached hydrogens (tertiary/aromatic N) is 1. The van der Waals surface area contributed by atoms with E-state index in [0.717, 1.165) is 17.3 Å². The van der Waals surface area contributed by atoms with Gasteiger partial charge in [-0.3, -0.25) is 4.79 Å². The van der Waals surface area contributed by atoms with Crippen molar-refractivity contribution in [2.45, 2.75) is 31.8 Å². The maximum absolute atomic E-state index is 11.8. The molecule has 1 saturated carbocycles. The summed E-state index contributed by atoms with van der Waals surface area (Å²) in [5.74, 6) is -0.821. The summed E-state index contributed by atoms with van der Waals surface area (Å²) in [6.07, 6.45) is 1.69. The second-order valence-electron chi connectivity index (χ2n) is 4.78. The topological polar surface area (TPSA) is 66.8 Å². The predicted molar refractivity (Wildman–Crippen MR) is 76.6 cm³/mol. The van der Waals surface area contributed by atoms with Crippen molar-refractivity contribution in [3.05, 3.63) is 28.2 Å². The Morgan fingerprint density at radius 3 is 2.55 bits per heavy atom. The Labute approximate surface area is 125 Å². The lowest BCUT2D eigenvalue weighted by Gasteiger charge is -2.29. The van der Waals surface area contributed by atoms with E-state index in [1.165, 1.54) is 18.9 Å². The van der Waals surface area contributed by atoms with Gasteiger partial charge in [0.15, 0.2) is 6.04 Å². The number of rotatable bonds is 5. The second-order valence-corrected chi connectivity index (χ2v) is 5.70. The highest BCUT2D eigenvalue weighted by atomic mass is 79.9. The van der Waals surface area contributed by atoms with Crippen LogP contribution in [0.1, 0.15) is 31.4 Å². The highest BCUT2D eigenvalue weighted by molar-refractivity contribution is 9.10. The smallest absolute Gasteiger partial charge is 0.331 e. The molecule has 2 rings (SSSR count). The number of aliphatic carboxylic acids is 1. The Morgan fingerprint density at radius 1 is 1.45 bits per heavy atom. The molecule has 108 valence electrons. The van der Waals surface area contributed by atoms with Crippen LogP contribution in [0.3, 0.4) is 0 Å². The number of carbonyl (C=O) groups is 2. The van der Waals surface area contributed by atoms with Gasteiger partial charge < -0.3 is 14.7 Å². The van der Waals surface area contributed by atoms with E-state index in [9.17, 15) is 14.7 Å². The van der Waals surface area contributed by atoms with Gasteiger partial charge >= 0.3 is 5.97 Å². The van der Waals surface area contributed by atoms with Gasteiger partial charge in [-0.1, -0.05) is 15.9 Å². The molecule has 1 aliphatic carbocycles. The minimum absolute atomic E-state index is 0.0114. The van der Waals surface area contributed by atoms with Gasteiger partial charge in [0.1, 0.15) is 5.75 Å². The largest absolute Gasteiger partial charge is 0.496 e. The number of carboxylic acid groups (broad SMARTS) is 1. The summed E-state index contributed by atoms with van der Waals surface area (Å²) in [6.45, 7) is 1.40. The highest BCUT2D eigenvalue weighted by Gasteiger charge is 2.41. The molecular weight excluding hydrogens is 326 g/mol. The van der Waals surface area contributed by atoms with E-state index in [2.05, 4.69) is 15.9 Å². The highest BCUT2D eigenvalue weighted by Crippen LogP contribution is 2.38. The number of carbonyl (C=O) groups excluding carboxylic acids is 1. The summed E-state index contributed by atoms with van der Waals surface area (Å²) in [5, 5.41) is 9.57. The quantitative estimate of drug-likeness (QED) is 0.893. The van der Waals surface area contributed by atoms with Crippen LogP contribution >= 0.6 is 15.9 Å². The average molecular weight is 342 g/mol. The molecule has 0 spiro atoms. The molecule has 20 heavy (non-hydrogen) atoms. The van der Waals surface area contributed by atoms with Gasteiger partial charge in [-0.05, 0) is 31.0 Å². The van der Waals surface area contributed by atoms with Crippen LogP contribution in [-0.2, 0) is 9.59 Å². The molecule has 1 aromatic carbocycles. The van der Waals surface area contributed by atoms with Crippen LogP contribution in [0.4, 0.5) is 0 Å². The molecule has 0 aliphatic heterocycles. The van der Waals surface area contributed by atoms with E-state index in [1.807, 2.05) is 0 Å². The lowest BCUT2D eigenvalue weighted by atomic mass is 10.0. The van der Waals surface area contributed by atoms with Crippen molar-refractivity contribution in [3.8, 4) is 5.75 Å². The van der Waals surface area contributed by atoms with Crippen LogP contribution in [0, 0.1) is 0 Å². The molecule has 0 aromatic heterocycles. The molecule has 6 heteroatoms. The normalized spacial score (nSPS) is 15.6. The van der Waals surface area contributed by atoms with Crippen LogP contribution < -0.4 is 4.74 Å². The van der Waals surface area contributed by atoms with Gasteiger partial charge in [-0.15, -0.1) is 0 Å². The van der Waals surface area contributed by atoms with Crippen LogP contribution in [-0.4, -0.2) is 35.0 Å². The van der Waals surface area contributed by atoms with Crippen molar-refractivity contribution in [3.63, 3.8) is 0 Å². The van der Waals surface area contributed by atoms with E-state index in [0.29, 0.717) is 11.3 Å². The average Bonchev–Trinajstić information content (AvgIpc) is 3.18. The maximum atomic E-state index is 11.8. The molecule has 1 N–H and O–H groups in total. The van der Waals surface area contributed by atoms with Gasteiger partial charge in [-0.25, -0.2) is 4.79 Å². The summed E-state index contributed by atoms with van der Waals surface area (Å²) < 4.78 is 5.99. The van der Waals surface area contributed by atoms with E-state index < -0.39 is 12.0 Å². The van der Waals surface area contributed by atoms with Crippen molar-refractivity contribution in [2.24, 2.45) is 0 Å². The van der Waals surface area contributed by atoms with Crippen LogP contribution in [0.2, 0.25) is 0 Å². The SMILES string of the molecule is COc1ccc(Br)cc1C(C(=O)O)N(C(C)=O)C1CC1. The molecule has 1 atom stereocenters. The third-order valence-electron chi connectivity index (χ3n) is 3.30. The van der Waals surface area contributed by atoms with Gasteiger partial charge in [0, 0.05) is 23.0 Å². The number of ether oxygens (including phenoxy) is 1. The first-order valence-electron chi connectivity index (χ1n) is 6.31. The fourth-order valence-corrected chi connectivity index (χ4v) is 2.70. The minimum Gasteiger partial charge on any atom is -0.496 e. The van der Waals surface area contributed by atoms with E-state index in [1.54, 1.807) is 18.2 Å².